The van der Waals surface area contributed by atoms with Gasteiger partial charge in [0.2, 0.25) is 11.6 Å². The van der Waals surface area contributed by atoms with Crippen molar-refractivity contribution in [3.63, 3.8) is 0 Å². The summed E-state index contributed by atoms with van der Waals surface area (Å²) in [6.07, 6.45) is 4.34. The highest BCUT2D eigenvalue weighted by atomic mass is 16.1. The predicted molar refractivity (Wildman–Crippen MR) is 77.5 cm³/mol. The summed E-state index contributed by atoms with van der Waals surface area (Å²) in [5.41, 5.74) is 1.41. The molecule has 5 heteroatoms. The SMILES string of the molecule is CCCCCCn1nnc2c1C(=O)c1ccccc1C2=O. The van der Waals surface area contributed by atoms with E-state index in [2.05, 4.69) is 17.2 Å². The van der Waals surface area contributed by atoms with E-state index >= 15 is 0 Å². The third kappa shape index (κ3) is 2.28. The van der Waals surface area contributed by atoms with Crippen molar-refractivity contribution in [2.75, 3.05) is 0 Å². The molecule has 0 fully saturated rings. The van der Waals surface area contributed by atoms with Crippen molar-refractivity contribution in [3.8, 4) is 0 Å². The van der Waals surface area contributed by atoms with Gasteiger partial charge in [0, 0.05) is 17.7 Å². The van der Waals surface area contributed by atoms with Crippen LogP contribution < -0.4 is 0 Å². The fourth-order valence-corrected chi connectivity index (χ4v) is 2.67. The lowest BCUT2D eigenvalue weighted by Gasteiger charge is -2.14. The molecule has 0 unspecified atom stereocenters. The number of hydrogen-bond acceptors (Lipinski definition) is 4. The van der Waals surface area contributed by atoms with E-state index < -0.39 is 0 Å². The van der Waals surface area contributed by atoms with Gasteiger partial charge in [-0.25, -0.2) is 4.68 Å². The molecule has 3 rings (SSSR count). The van der Waals surface area contributed by atoms with Crippen LogP contribution in [0.4, 0.5) is 0 Å². The molecule has 1 aromatic carbocycles. The second-order valence-electron chi connectivity index (χ2n) is 5.27. The molecule has 1 aliphatic carbocycles. The first-order chi connectivity index (χ1) is 10.2. The maximum atomic E-state index is 12.6. The summed E-state index contributed by atoms with van der Waals surface area (Å²) < 4.78 is 1.58. The summed E-state index contributed by atoms with van der Waals surface area (Å²) >= 11 is 0. The lowest BCUT2D eigenvalue weighted by Crippen LogP contribution is -2.23. The number of aromatic nitrogens is 3. The van der Waals surface area contributed by atoms with Crippen LogP contribution in [-0.2, 0) is 6.54 Å². The van der Waals surface area contributed by atoms with Crippen molar-refractivity contribution in [1.29, 1.82) is 0 Å². The van der Waals surface area contributed by atoms with Gasteiger partial charge in [-0.2, -0.15) is 0 Å². The fourth-order valence-electron chi connectivity index (χ4n) is 2.67. The highest BCUT2D eigenvalue weighted by Crippen LogP contribution is 2.25. The first-order valence-electron chi connectivity index (χ1n) is 7.36. The predicted octanol–water partition coefficient (Wildman–Crippen LogP) is 2.63. The summed E-state index contributed by atoms with van der Waals surface area (Å²) in [5, 5.41) is 7.93. The van der Waals surface area contributed by atoms with Crippen molar-refractivity contribution in [2.24, 2.45) is 0 Å². The molecule has 0 N–H and O–H groups in total. The van der Waals surface area contributed by atoms with Crippen molar-refractivity contribution in [3.05, 3.63) is 46.8 Å². The largest absolute Gasteiger partial charge is 0.287 e. The third-order valence-electron chi connectivity index (χ3n) is 3.81. The lowest BCUT2D eigenvalue weighted by atomic mass is 9.90. The van der Waals surface area contributed by atoms with E-state index in [0.717, 1.165) is 25.7 Å². The molecule has 0 amide bonds. The molecule has 0 bridgehead atoms. The molecule has 1 aromatic heterocycles. The molecular weight excluding hydrogens is 266 g/mol. The minimum atomic E-state index is -0.208. The second-order valence-corrected chi connectivity index (χ2v) is 5.27. The number of carbonyl (C=O) groups is 2. The molecule has 0 saturated carbocycles. The molecule has 1 aliphatic rings. The minimum Gasteiger partial charge on any atom is -0.287 e. The maximum Gasteiger partial charge on any atom is 0.216 e. The second kappa shape index (κ2) is 5.60. The maximum absolute atomic E-state index is 12.6. The van der Waals surface area contributed by atoms with Gasteiger partial charge in [0.05, 0.1) is 0 Å². The van der Waals surface area contributed by atoms with Crippen LogP contribution in [0.1, 0.15) is 64.7 Å². The number of benzene rings is 1. The summed E-state index contributed by atoms with van der Waals surface area (Å²) in [4.78, 5) is 24.9. The Morgan fingerprint density at radius 3 is 2.43 bits per heavy atom. The van der Waals surface area contributed by atoms with E-state index in [4.69, 9.17) is 0 Å². The fraction of sp³-hybridized carbons (Fsp3) is 0.375. The van der Waals surface area contributed by atoms with Gasteiger partial charge in [0.1, 0.15) is 5.69 Å². The minimum absolute atomic E-state index is 0.152. The Labute approximate surface area is 123 Å². The van der Waals surface area contributed by atoms with Gasteiger partial charge in [0.25, 0.3) is 0 Å². The average Bonchev–Trinajstić information content (AvgIpc) is 2.94. The van der Waals surface area contributed by atoms with Crippen molar-refractivity contribution in [1.82, 2.24) is 15.0 Å². The molecule has 5 nitrogen and oxygen atoms in total. The topological polar surface area (TPSA) is 64.8 Å². The quantitative estimate of drug-likeness (QED) is 0.675. The van der Waals surface area contributed by atoms with Crippen LogP contribution in [0.5, 0.6) is 0 Å². The molecule has 108 valence electrons. The Bertz CT molecular complexity index is 703. The first-order valence-corrected chi connectivity index (χ1v) is 7.36. The smallest absolute Gasteiger partial charge is 0.216 e. The normalized spacial score (nSPS) is 13.2. The van der Waals surface area contributed by atoms with Crippen LogP contribution in [0.25, 0.3) is 0 Å². The Morgan fingerprint density at radius 2 is 1.71 bits per heavy atom. The van der Waals surface area contributed by atoms with Crippen molar-refractivity contribution < 1.29 is 9.59 Å². The van der Waals surface area contributed by atoms with Gasteiger partial charge in [0.15, 0.2) is 5.69 Å². The number of unbranched alkanes of at least 4 members (excludes halogenated alkanes) is 3. The molecule has 0 atom stereocenters. The van der Waals surface area contributed by atoms with Gasteiger partial charge in [-0.15, -0.1) is 5.10 Å². The lowest BCUT2D eigenvalue weighted by molar-refractivity contribution is 0.0970. The third-order valence-corrected chi connectivity index (χ3v) is 3.81. The number of aryl methyl sites for hydroxylation is 1. The Balaban J connectivity index is 1.92. The monoisotopic (exact) mass is 283 g/mol. The molecular formula is C16H17N3O2. The van der Waals surface area contributed by atoms with E-state index in [1.54, 1.807) is 28.9 Å². The van der Waals surface area contributed by atoms with Gasteiger partial charge >= 0.3 is 0 Å². The van der Waals surface area contributed by atoms with Crippen molar-refractivity contribution >= 4 is 11.6 Å². The number of fused-ring (bicyclic) bond motifs is 2. The molecule has 2 aromatic rings. The number of nitrogens with zero attached hydrogens (tertiary/aromatic N) is 3. The standard InChI is InChI=1S/C16H17N3O2/c1-2-3-4-7-10-19-14-13(17-18-19)15(20)11-8-5-6-9-12(11)16(14)21/h5-6,8-9H,2-4,7,10H2,1H3. The van der Waals surface area contributed by atoms with Gasteiger partial charge in [-0.1, -0.05) is 55.7 Å². The number of carbonyl (C=O) groups excluding carboxylic acids is 2. The van der Waals surface area contributed by atoms with Crippen LogP contribution >= 0.6 is 0 Å². The van der Waals surface area contributed by atoms with E-state index in [1.165, 1.54) is 0 Å². The van der Waals surface area contributed by atoms with Crippen LogP contribution in [0.15, 0.2) is 24.3 Å². The summed E-state index contributed by atoms with van der Waals surface area (Å²) in [6.45, 7) is 2.78. The highest BCUT2D eigenvalue weighted by Gasteiger charge is 2.34. The number of ketones is 2. The van der Waals surface area contributed by atoms with Gasteiger partial charge in [-0.05, 0) is 6.42 Å². The molecule has 21 heavy (non-hydrogen) atoms. The average molecular weight is 283 g/mol. The zero-order chi connectivity index (χ0) is 14.8. The van der Waals surface area contributed by atoms with E-state index in [9.17, 15) is 9.59 Å². The molecule has 0 aliphatic heterocycles. The first kappa shape index (κ1) is 13.7. The van der Waals surface area contributed by atoms with Crippen molar-refractivity contribution in [2.45, 2.75) is 39.2 Å². The van der Waals surface area contributed by atoms with Crippen LogP contribution in [0, 0.1) is 0 Å². The zero-order valence-electron chi connectivity index (χ0n) is 12.0. The Hall–Kier alpha value is -2.30. The summed E-state index contributed by atoms with van der Waals surface area (Å²) in [6, 6.07) is 6.88. The van der Waals surface area contributed by atoms with Crippen LogP contribution in [0.2, 0.25) is 0 Å². The Morgan fingerprint density at radius 1 is 1.00 bits per heavy atom. The number of hydrogen-bond donors (Lipinski definition) is 0. The van der Waals surface area contributed by atoms with Crippen LogP contribution in [0.3, 0.4) is 0 Å². The molecule has 0 radical (unpaired) electrons. The van der Waals surface area contributed by atoms with E-state index in [-0.39, 0.29) is 17.3 Å². The highest BCUT2D eigenvalue weighted by molar-refractivity contribution is 6.26. The van der Waals surface area contributed by atoms with Gasteiger partial charge in [-0.3, -0.25) is 9.59 Å². The van der Waals surface area contributed by atoms with Crippen LogP contribution in [-0.4, -0.2) is 26.6 Å². The summed E-state index contributed by atoms with van der Waals surface area (Å²) in [7, 11) is 0. The van der Waals surface area contributed by atoms with E-state index in [1.807, 2.05) is 0 Å². The number of rotatable bonds is 5. The molecule has 0 spiro atoms. The summed E-state index contributed by atoms with van der Waals surface area (Å²) in [5.74, 6) is -0.360. The Kier molecular flexibility index (Phi) is 3.64. The molecule has 1 heterocycles. The molecule has 0 saturated heterocycles. The zero-order valence-corrected chi connectivity index (χ0v) is 12.0. The van der Waals surface area contributed by atoms with Gasteiger partial charge < -0.3 is 0 Å². The van der Waals surface area contributed by atoms with E-state index in [0.29, 0.717) is 23.4 Å².